The lowest BCUT2D eigenvalue weighted by atomic mass is 10.4. The number of imidazole rings is 1. The molecule has 0 bridgehead atoms. The maximum absolute atomic E-state index is 11.4. The third-order valence-corrected chi connectivity index (χ3v) is 5.56. The van der Waals surface area contributed by atoms with Crippen LogP contribution in [0.5, 0.6) is 0 Å². The van der Waals surface area contributed by atoms with E-state index in [4.69, 9.17) is 4.74 Å². The molecule has 0 saturated carbocycles. The minimum atomic E-state index is -6.72. The van der Waals surface area contributed by atoms with Crippen LogP contribution in [-0.4, -0.2) is 45.0 Å². The fraction of sp³-hybridized carbons (Fsp3) is 0.538. The minimum Gasteiger partial charge on any atom is -0.458 e. The molecule has 0 N–H and O–H groups in total. The quantitative estimate of drug-likeness (QED) is 0.250. The van der Waals surface area contributed by atoms with Gasteiger partial charge in [0.15, 0.2) is 20.0 Å². The van der Waals surface area contributed by atoms with Gasteiger partial charge in [0.25, 0.3) is 0 Å². The van der Waals surface area contributed by atoms with Gasteiger partial charge in [-0.15, -0.1) is 0 Å². The Bertz CT molecular complexity index is 909. The van der Waals surface area contributed by atoms with Crippen LogP contribution in [0.2, 0.25) is 0 Å². The summed E-state index contributed by atoms with van der Waals surface area (Å²) in [7, 11) is -13.4. The molecule has 1 aromatic heterocycles. The van der Waals surface area contributed by atoms with Crippen molar-refractivity contribution in [3.63, 3.8) is 0 Å². The topological polar surface area (TPSA) is 117 Å². The van der Waals surface area contributed by atoms with Crippen molar-refractivity contribution in [2.24, 2.45) is 0 Å². The Balaban J connectivity index is 0.000000561. The molecule has 0 aliphatic carbocycles. The van der Waals surface area contributed by atoms with E-state index in [-0.39, 0.29) is 5.97 Å². The molecule has 0 aliphatic heterocycles. The van der Waals surface area contributed by atoms with Gasteiger partial charge in [0, 0.05) is 5.57 Å². The molecule has 0 aliphatic rings. The number of hydrogen-bond donors (Lipinski definition) is 0. The number of alkyl halides is 6. The number of rotatable bonds is 7. The van der Waals surface area contributed by atoms with Crippen LogP contribution in [0.3, 0.4) is 0 Å². The molecule has 0 radical (unpaired) electrons. The van der Waals surface area contributed by atoms with Gasteiger partial charge < -0.3 is 8.86 Å². The van der Waals surface area contributed by atoms with Crippen molar-refractivity contribution in [2.45, 2.75) is 38.0 Å². The summed E-state index contributed by atoms with van der Waals surface area (Å²) in [5, 5.41) is 0. The highest BCUT2D eigenvalue weighted by atomic mass is 32.3. The molecule has 0 amide bonds. The summed E-state index contributed by atoms with van der Waals surface area (Å²) in [6.45, 7) is 9.22. The van der Waals surface area contributed by atoms with E-state index in [9.17, 15) is 48.0 Å². The predicted molar refractivity (Wildman–Crippen MR) is 89.4 cm³/mol. The largest absolute Gasteiger partial charge is 0.480 e. The van der Waals surface area contributed by atoms with Crippen LogP contribution in [0.1, 0.15) is 13.8 Å². The monoisotopic (exact) mass is 489 g/mol. The highest BCUT2D eigenvalue weighted by molar-refractivity contribution is 8.13. The first kappa shape index (κ1) is 27.9. The van der Waals surface area contributed by atoms with Gasteiger partial charge in [0.2, 0.25) is 6.33 Å². The van der Waals surface area contributed by atoms with Gasteiger partial charge in [-0.05, 0) is 13.8 Å². The van der Waals surface area contributed by atoms with E-state index in [2.05, 4.69) is 18.1 Å². The van der Waals surface area contributed by atoms with Gasteiger partial charge in [-0.3, -0.25) is 0 Å². The lowest BCUT2D eigenvalue weighted by molar-refractivity contribution is -0.697. The summed E-state index contributed by atoms with van der Waals surface area (Å²) < 4.78 is 118. The SMILES string of the molecule is C=C(C)C(=O)OCC[n+]1ccn(CC)c1.O=S(=O)([N-]S(=O)(=O)C(F)(F)F)C(F)(F)F. The fourth-order valence-corrected chi connectivity index (χ4v) is 3.05. The zero-order valence-corrected chi connectivity index (χ0v) is 17.1. The molecule has 17 heteroatoms. The summed E-state index contributed by atoms with van der Waals surface area (Å²) in [5.41, 5.74) is -12.0. The molecule has 0 fully saturated rings. The highest BCUT2D eigenvalue weighted by Crippen LogP contribution is 2.36. The number of aryl methyl sites for hydroxylation is 1. The number of halogens is 6. The Morgan fingerprint density at radius 2 is 1.57 bits per heavy atom. The van der Waals surface area contributed by atoms with Crippen molar-refractivity contribution in [1.29, 1.82) is 0 Å². The molecule has 9 nitrogen and oxygen atoms in total. The van der Waals surface area contributed by atoms with E-state index >= 15 is 0 Å². The van der Waals surface area contributed by atoms with Gasteiger partial charge >= 0.3 is 17.0 Å². The maximum atomic E-state index is 11.4. The van der Waals surface area contributed by atoms with E-state index in [1.807, 2.05) is 23.3 Å². The van der Waals surface area contributed by atoms with Crippen LogP contribution in [0.4, 0.5) is 26.3 Å². The van der Waals surface area contributed by atoms with Crippen molar-refractivity contribution in [2.75, 3.05) is 6.61 Å². The van der Waals surface area contributed by atoms with E-state index in [1.54, 1.807) is 6.92 Å². The van der Waals surface area contributed by atoms with Crippen LogP contribution in [-0.2, 0) is 42.7 Å². The number of hydrogen-bond acceptors (Lipinski definition) is 6. The fourth-order valence-electron chi connectivity index (χ4n) is 1.34. The smallest absolute Gasteiger partial charge is 0.458 e. The van der Waals surface area contributed by atoms with Crippen molar-refractivity contribution < 1.29 is 57.3 Å². The minimum absolute atomic E-state index is 0.328. The second-order valence-corrected chi connectivity index (χ2v) is 8.74. The number of carbonyl (C=O) groups excluding carboxylic acids is 1. The summed E-state index contributed by atoms with van der Waals surface area (Å²) in [4.78, 5) is 11.1. The Labute approximate surface area is 168 Å². The van der Waals surface area contributed by atoms with Crippen molar-refractivity contribution in [1.82, 2.24) is 4.57 Å². The van der Waals surface area contributed by atoms with Crippen LogP contribution >= 0.6 is 0 Å². The average Bonchev–Trinajstić information content (AvgIpc) is 3.00. The first-order valence-corrected chi connectivity index (χ1v) is 10.5. The third-order valence-electron chi connectivity index (χ3n) is 2.82. The summed E-state index contributed by atoms with van der Waals surface area (Å²) in [5.74, 6) is -0.328. The zero-order valence-electron chi connectivity index (χ0n) is 15.4. The van der Waals surface area contributed by atoms with E-state index < -0.39 is 31.1 Å². The molecule has 0 spiro atoms. The highest BCUT2D eigenvalue weighted by Gasteiger charge is 2.46. The van der Waals surface area contributed by atoms with Crippen LogP contribution in [0.25, 0.3) is 4.13 Å². The van der Waals surface area contributed by atoms with Gasteiger partial charge in [-0.25, -0.2) is 30.8 Å². The first-order chi connectivity index (χ1) is 13.3. The molecule has 0 aromatic carbocycles. The Morgan fingerprint density at radius 3 is 1.90 bits per heavy atom. The van der Waals surface area contributed by atoms with Crippen molar-refractivity contribution >= 4 is 26.0 Å². The molecular weight excluding hydrogens is 472 g/mol. The summed E-state index contributed by atoms with van der Waals surface area (Å²) >= 11 is 0. The van der Waals surface area contributed by atoms with E-state index in [0.29, 0.717) is 18.7 Å². The maximum Gasteiger partial charge on any atom is 0.480 e. The Hall–Kier alpha value is -2.14. The lowest BCUT2D eigenvalue weighted by Crippen LogP contribution is -2.34. The third kappa shape index (κ3) is 8.70. The lowest BCUT2D eigenvalue weighted by Gasteiger charge is -2.22. The van der Waals surface area contributed by atoms with Gasteiger partial charge in [0.05, 0.1) is 6.54 Å². The predicted octanol–water partition coefficient (Wildman–Crippen LogP) is 1.97. The van der Waals surface area contributed by atoms with Crippen LogP contribution < -0.4 is 4.57 Å². The molecule has 0 atom stereocenters. The molecule has 1 aromatic rings. The average molecular weight is 489 g/mol. The molecular formula is C13H17F6N3O6S2. The van der Waals surface area contributed by atoms with Gasteiger partial charge in [-0.2, -0.15) is 26.3 Å². The molecule has 174 valence electrons. The summed E-state index contributed by atoms with van der Waals surface area (Å²) in [6.07, 6.45) is 5.92. The Morgan fingerprint density at radius 1 is 1.10 bits per heavy atom. The normalized spacial score (nSPS) is 12.7. The number of esters is 1. The number of aromatic nitrogens is 2. The number of ether oxygens (including phenoxy) is 1. The standard InChI is InChI=1S/C11H17N2O2.C2F6NO4S2/c1-4-12-5-6-13(9-12)7-8-15-11(14)10(2)3;3-1(4,5)14(10,11)9-15(12,13)2(6,7)8/h5-6,9H,2,4,7-8H2,1,3H3;/q+1;-1. The van der Waals surface area contributed by atoms with Crippen LogP contribution in [0.15, 0.2) is 30.9 Å². The van der Waals surface area contributed by atoms with E-state index in [1.165, 1.54) is 0 Å². The number of nitrogens with zero attached hydrogens (tertiary/aromatic N) is 3. The van der Waals surface area contributed by atoms with Crippen LogP contribution in [0, 0.1) is 0 Å². The molecule has 30 heavy (non-hydrogen) atoms. The Kier molecular flexibility index (Phi) is 9.52. The zero-order chi connectivity index (χ0) is 24.0. The summed E-state index contributed by atoms with van der Waals surface area (Å²) in [6, 6.07) is 0. The number of sulfonamides is 2. The van der Waals surface area contributed by atoms with Gasteiger partial charge in [0.1, 0.15) is 25.5 Å². The number of carbonyl (C=O) groups is 1. The van der Waals surface area contributed by atoms with Crippen molar-refractivity contribution in [3.8, 4) is 0 Å². The van der Waals surface area contributed by atoms with Gasteiger partial charge in [-0.1, -0.05) is 6.58 Å². The second-order valence-electron chi connectivity index (χ2n) is 5.31. The molecule has 1 rings (SSSR count). The molecule has 0 saturated heterocycles. The molecule has 0 unspecified atom stereocenters. The second kappa shape index (κ2) is 10.3. The molecule has 1 heterocycles. The van der Waals surface area contributed by atoms with Crippen molar-refractivity contribution in [3.05, 3.63) is 35.0 Å². The van der Waals surface area contributed by atoms with E-state index in [0.717, 1.165) is 10.7 Å². The first-order valence-electron chi connectivity index (χ1n) is 7.58.